The van der Waals surface area contributed by atoms with E-state index in [9.17, 15) is 4.79 Å². The molecule has 0 atom stereocenters. The van der Waals surface area contributed by atoms with E-state index >= 15 is 0 Å². The van der Waals surface area contributed by atoms with E-state index in [0.29, 0.717) is 25.5 Å². The Morgan fingerprint density at radius 3 is 2.74 bits per heavy atom. The van der Waals surface area contributed by atoms with Crippen molar-refractivity contribution in [1.29, 1.82) is 0 Å². The minimum atomic E-state index is 0.172. The number of piperidine rings is 1. The molecule has 0 aromatic carbocycles. The second-order valence-electron chi connectivity index (χ2n) is 5.88. The second-order valence-corrected chi connectivity index (χ2v) is 5.88. The molecule has 0 aromatic heterocycles. The van der Waals surface area contributed by atoms with Crippen LogP contribution in [0.5, 0.6) is 0 Å². The van der Waals surface area contributed by atoms with E-state index in [0.717, 1.165) is 38.5 Å². The Bertz CT molecular complexity index is 238. The highest BCUT2D eigenvalue weighted by atomic mass is 16.5. The molecule has 1 rings (SSSR count). The Kier molecular flexibility index (Phi) is 8.84. The molecular formula is C15H30N2O2. The molecule has 2 N–H and O–H groups in total. The van der Waals surface area contributed by atoms with Crippen LogP contribution < -0.4 is 10.6 Å². The van der Waals surface area contributed by atoms with Gasteiger partial charge in [-0.25, -0.2) is 0 Å². The number of hydrogen-bond donors (Lipinski definition) is 2. The van der Waals surface area contributed by atoms with Gasteiger partial charge in [-0.15, -0.1) is 0 Å². The fourth-order valence-corrected chi connectivity index (χ4v) is 2.28. The Balaban J connectivity index is 1.90. The quantitative estimate of drug-likeness (QED) is 0.630. The lowest BCUT2D eigenvalue weighted by Gasteiger charge is -2.22. The van der Waals surface area contributed by atoms with E-state index in [-0.39, 0.29) is 5.91 Å². The molecule has 1 saturated heterocycles. The molecule has 0 unspecified atom stereocenters. The van der Waals surface area contributed by atoms with Crippen molar-refractivity contribution in [2.24, 2.45) is 11.8 Å². The standard InChI is InChI=1S/C15H30N2O2/c1-13(2)7-11-19-12-10-17-15(18)4-3-14-5-8-16-9-6-14/h13-14,16H,3-12H2,1-2H3,(H,17,18). The van der Waals surface area contributed by atoms with Crippen LogP contribution in [-0.4, -0.2) is 38.8 Å². The van der Waals surface area contributed by atoms with Crippen molar-refractivity contribution in [1.82, 2.24) is 10.6 Å². The molecule has 0 aliphatic carbocycles. The molecule has 0 bridgehead atoms. The Morgan fingerprint density at radius 1 is 1.32 bits per heavy atom. The van der Waals surface area contributed by atoms with E-state index in [2.05, 4.69) is 24.5 Å². The van der Waals surface area contributed by atoms with Crippen molar-refractivity contribution in [2.75, 3.05) is 32.8 Å². The average Bonchev–Trinajstić information content (AvgIpc) is 2.41. The molecule has 1 amide bonds. The van der Waals surface area contributed by atoms with Crippen LogP contribution in [-0.2, 0) is 9.53 Å². The summed E-state index contributed by atoms with van der Waals surface area (Å²) in [6.07, 6.45) is 5.21. The molecule has 112 valence electrons. The van der Waals surface area contributed by atoms with Gasteiger partial charge in [-0.05, 0) is 50.6 Å². The normalized spacial score (nSPS) is 16.8. The third kappa shape index (κ3) is 9.00. The van der Waals surface area contributed by atoms with Gasteiger partial charge < -0.3 is 15.4 Å². The molecule has 4 nitrogen and oxygen atoms in total. The average molecular weight is 270 g/mol. The van der Waals surface area contributed by atoms with Crippen molar-refractivity contribution >= 4 is 5.91 Å². The van der Waals surface area contributed by atoms with Crippen LogP contribution in [0.1, 0.15) is 46.0 Å². The monoisotopic (exact) mass is 270 g/mol. The minimum Gasteiger partial charge on any atom is -0.380 e. The van der Waals surface area contributed by atoms with Crippen LogP contribution in [0, 0.1) is 11.8 Å². The van der Waals surface area contributed by atoms with Gasteiger partial charge in [-0.1, -0.05) is 13.8 Å². The smallest absolute Gasteiger partial charge is 0.220 e. The first-order chi connectivity index (χ1) is 9.18. The number of nitrogens with one attached hydrogen (secondary N) is 2. The molecule has 0 saturated carbocycles. The molecule has 0 radical (unpaired) electrons. The predicted molar refractivity (Wildman–Crippen MR) is 78.1 cm³/mol. The van der Waals surface area contributed by atoms with Crippen LogP contribution >= 0.6 is 0 Å². The maximum absolute atomic E-state index is 11.6. The first-order valence-electron chi connectivity index (χ1n) is 7.73. The van der Waals surface area contributed by atoms with Gasteiger partial charge in [0.1, 0.15) is 0 Å². The first kappa shape index (κ1) is 16.4. The lowest BCUT2D eigenvalue weighted by atomic mass is 9.93. The third-order valence-corrected chi connectivity index (χ3v) is 3.65. The van der Waals surface area contributed by atoms with Crippen molar-refractivity contribution < 1.29 is 9.53 Å². The Labute approximate surface area is 117 Å². The van der Waals surface area contributed by atoms with Gasteiger partial charge in [0.15, 0.2) is 0 Å². The van der Waals surface area contributed by atoms with E-state index < -0.39 is 0 Å². The fourth-order valence-electron chi connectivity index (χ4n) is 2.28. The molecule has 0 spiro atoms. The van der Waals surface area contributed by atoms with Crippen LogP contribution in [0.15, 0.2) is 0 Å². The second kappa shape index (κ2) is 10.2. The highest BCUT2D eigenvalue weighted by Crippen LogP contribution is 2.17. The van der Waals surface area contributed by atoms with Crippen LogP contribution in [0.3, 0.4) is 0 Å². The van der Waals surface area contributed by atoms with E-state index in [1.165, 1.54) is 12.8 Å². The Morgan fingerprint density at radius 2 is 2.05 bits per heavy atom. The molecule has 19 heavy (non-hydrogen) atoms. The topological polar surface area (TPSA) is 50.4 Å². The van der Waals surface area contributed by atoms with E-state index in [4.69, 9.17) is 4.74 Å². The lowest BCUT2D eigenvalue weighted by molar-refractivity contribution is -0.121. The van der Waals surface area contributed by atoms with Crippen LogP contribution in [0.4, 0.5) is 0 Å². The SMILES string of the molecule is CC(C)CCOCCNC(=O)CCC1CCNCC1. The van der Waals surface area contributed by atoms with Gasteiger partial charge in [-0.3, -0.25) is 4.79 Å². The molecule has 1 fully saturated rings. The summed E-state index contributed by atoms with van der Waals surface area (Å²) < 4.78 is 5.47. The zero-order chi connectivity index (χ0) is 13.9. The summed E-state index contributed by atoms with van der Waals surface area (Å²) >= 11 is 0. The Hall–Kier alpha value is -0.610. The van der Waals surface area contributed by atoms with Crippen molar-refractivity contribution in [3.63, 3.8) is 0 Å². The van der Waals surface area contributed by atoms with Gasteiger partial charge in [0.05, 0.1) is 6.61 Å². The maximum atomic E-state index is 11.6. The fraction of sp³-hybridized carbons (Fsp3) is 0.933. The summed E-state index contributed by atoms with van der Waals surface area (Å²) in [7, 11) is 0. The largest absolute Gasteiger partial charge is 0.380 e. The van der Waals surface area contributed by atoms with E-state index in [1.54, 1.807) is 0 Å². The molecular weight excluding hydrogens is 240 g/mol. The van der Waals surface area contributed by atoms with E-state index in [1.807, 2.05) is 0 Å². The van der Waals surface area contributed by atoms with Gasteiger partial charge in [0.2, 0.25) is 5.91 Å². The molecule has 4 heteroatoms. The number of ether oxygens (including phenoxy) is 1. The summed E-state index contributed by atoms with van der Waals surface area (Å²) in [6, 6.07) is 0. The number of carbonyl (C=O) groups is 1. The molecule has 1 aliphatic heterocycles. The summed E-state index contributed by atoms with van der Waals surface area (Å²) in [6.45, 7) is 8.65. The highest BCUT2D eigenvalue weighted by molar-refractivity contribution is 5.75. The van der Waals surface area contributed by atoms with Crippen molar-refractivity contribution in [3.05, 3.63) is 0 Å². The van der Waals surface area contributed by atoms with Gasteiger partial charge in [-0.2, -0.15) is 0 Å². The number of carbonyl (C=O) groups excluding carboxylic acids is 1. The maximum Gasteiger partial charge on any atom is 0.220 e. The number of rotatable bonds is 9. The summed E-state index contributed by atoms with van der Waals surface area (Å²) in [5.74, 6) is 1.58. The lowest BCUT2D eigenvalue weighted by Crippen LogP contribution is -2.30. The summed E-state index contributed by atoms with van der Waals surface area (Å²) in [5, 5.41) is 6.28. The zero-order valence-electron chi connectivity index (χ0n) is 12.5. The number of amides is 1. The third-order valence-electron chi connectivity index (χ3n) is 3.65. The number of hydrogen-bond acceptors (Lipinski definition) is 3. The van der Waals surface area contributed by atoms with Gasteiger partial charge in [0.25, 0.3) is 0 Å². The summed E-state index contributed by atoms with van der Waals surface area (Å²) in [4.78, 5) is 11.6. The van der Waals surface area contributed by atoms with Crippen molar-refractivity contribution in [2.45, 2.75) is 46.0 Å². The zero-order valence-corrected chi connectivity index (χ0v) is 12.5. The molecule has 1 aliphatic rings. The predicted octanol–water partition coefficient (Wildman–Crippen LogP) is 1.95. The minimum absolute atomic E-state index is 0.172. The summed E-state index contributed by atoms with van der Waals surface area (Å²) in [5.41, 5.74) is 0. The molecule has 0 aromatic rings. The molecule has 1 heterocycles. The van der Waals surface area contributed by atoms with Gasteiger partial charge in [0, 0.05) is 19.6 Å². The van der Waals surface area contributed by atoms with Gasteiger partial charge >= 0.3 is 0 Å². The highest BCUT2D eigenvalue weighted by Gasteiger charge is 2.14. The first-order valence-corrected chi connectivity index (χ1v) is 7.73. The van der Waals surface area contributed by atoms with Crippen LogP contribution in [0.25, 0.3) is 0 Å². The van der Waals surface area contributed by atoms with Crippen molar-refractivity contribution in [3.8, 4) is 0 Å². The van der Waals surface area contributed by atoms with Crippen LogP contribution in [0.2, 0.25) is 0 Å².